The molecule has 5 nitrogen and oxygen atoms in total. The van der Waals surface area contributed by atoms with Gasteiger partial charge in [0.15, 0.2) is 5.69 Å². The van der Waals surface area contributed by atoms with Crippen molar-refractivity contribution in [2.24, 2.45) is 0 Å². The van der Waals surface area contributed by atoms with E-state index < -0.39 is 5.82 Å². The predicted octanol–water partition coefficient (Wildman–Crippen LogP) is 1.92. The molecule has 1 N–H and O–H groups in total. The fourth-order valence-corrected chi connectivity index (χ4v) is 1.55. The molecular formula is C13H14FN3O2. The molecule has 0 spiro atoms. The van der Waals surface area contributed by atoms with Crippen molar-refractivity contribution in [1.82, 2.24) is 9.78 Å². The quantitative estimate of drug-likeness (QED) is 0.896. The Morgan fingerprint density at radius 2 is 2.32 bits per heavy atom. The zero-order valence-corrected chi connectivity index (χ0v) is 10.5. The number of nitrogens with one attached hydrogen (secondary N) is 1. The zero-order chi connectivity index (χ0) is 13.7. The molecule has 0 unspecified atom stereocenters. The van der Waals surface area contributed by atoms with Gasteiger partial charge in [-0.05, 0) is 24.3 Å². The zero-order valence-electron chi connectivity index (χ0n) is 10.5. The number of benzene rings is 1. The topological polar surface area (TPSA) is 56.1 Å². The number of carbonyl (C=O) groups excluding carboxylic acids is 1. The molecule has 0 atom stereocenters. The van der Waals surface area contributed by atoms with Crippen LogP contribution in [0.25, 0.3) is 0 Å². The Kier molecular flexibility index (Phi) is 4.25. The van der Waals surface area contributed by atoms with E-state index in [0.29, 0.717) is 18.8 Å². The summed E-state index contributed by atoms with van der Waals surface area (Å²) in [4.78, 5) is 11.9. The minimum Gasteiger partial charge on any atom is -0.383 e. The highest BCUT2D eigenvalue weighted by Gasteiger charge is 2.10. The number of hydrogen-bond acceptors (Lipinski definition) is 3. The lowest BCUT2D eigenvalue weighted by molar-refractivity contribution is 0.102. The maximum Gasteiger partial charge on any atom is 0.276 e. The fraction of sp³-hybridized carbons (Fsp3) is 0.231. The summed E-state index contributed by atoms with van der Waals surface area (Å²) in [6, 6.07) is 7.31. The van der Waals surface area contributed by atoms with Crippen LogP contribution in [0.4, 0.5) is 10.1 Å². The molecular weight excluding hydrogens is 249 g/mol. The molecule has 1 aromatic heterocycles. The van der Waals surface area contributed by atoms with Crippen molar-refractivity contribution in [2.75, 3.05) is 19.0 Å². The van der Waals surface area contributed by atoms with Crippen molar-refractivity contribution >= 4 is 11.6 Å². The summed E-state index contributed by atoms with van der Waals surface area (Å²) >= 11 is 0. The number of halogens is 1. The minimum absolute atomic E-state index is 0.278. The smallest absolute Gasteiger partial charge is 0.276 e. The first-order valence-corrected chi connectivity index (χ1v) is 5.78. The third-order valence-corrected chi connectivity index (χ3v) is 2.48. The Bertz CT molecular complexity index is 569. The summed E-state index contributed by atoms with van der Waals surface area (Å²) in [6.45, 7) is 1.09. The Morgan fingerprint density at radius 1 is 1.47 bits per heavy atom. The monoisotopic (exact) mass is 263 g/mol. The molecule has 1 heterocycles. The Labute approximate surface area is 110 Å². The lowest BCUT2D eigenvalue weighted by atomic mass is 10.3. The van der Waals surface area contributed by atoms with Crippen LogP contribution in [0.2, 0.25) is 0 Å². The van der Waals surface area contributed by atoms with E-state index in [0.717, 1.165) is 0 Å². The molecule has 0 aliphatic heterocycles. The molecule has 0 fully saturated rings. The lowest BCUT2D eigenvalue weighted by Gasteiger charge is -2.03. The van der Waals surface area contributed by atoms with Crippen molar-refractivity contribution < 1.29 is 13.9 Å². The number of aromatic nitrogens is 2. The molecule has 1 amide bonds. The normalized spacial score (nSPS) is 10.4. The average Bonchev–Trinajstić information content (AvgIpc) is 2.85. The van der Waals surface area contributed by atoms with Gasteiger partial charge in [0.05, 0.1) is 13.2 Å². The Morgan fingerprint density at radius 3 is 3.05 bits per heavy atom. The summed E-state index contributed by atoms with van der Waals surface area (Å²) in [5.74, 6) is -0.773. The van der Waals surface area contributed by atoms with Gasteiger partial charge in [0.1, 0.15) is 5.82 Å². The first kappa shape index (κ1) is 13.2. The number of carbonyl (C=O) groups is 1. The van der Waals surface area contributed by atoms with E-state index in [-0.39, 0.29) is 11.6 Å². The molecule has 19 heavy (non-hydrogen) atoms. The summed E-state index contributed by atoms with van der Waals surface area (Å²) in [5.41, 5.74) is 0.678. The summed E-state index contributed by atoms with van der Waals surface area (Å²) in [5, 5.41) is 6.68. The van der Waals surface area contributed by atoms with E-state index in [2.05, 4.69) is 10.4 Å². The summed E-state index contributed by atoms with van der Waals surface area (Å²) < 4.78 is 19.5. The van der Waals surface area contributed by atoms with Gasteiger partial charge >= 0.3 is 0 Å². The highest BCUT2D eigenvalue weighted by molar-refractivity contribution is 6.02. The van der Waals surface area contributed by atoms with Gasteiger partial charge < -0.3 is 10.1 Å². The van der Waals surface area contributed by atoms with Crippen molar-refractivity contribution in [1.29, 1.82) is 0 Å². The number of amides is 1. The van der Waals surface area contributed by atoms with Crippen LogP contribution in [0.1, 0.15) is 10.5 Å². The van der Waals surface area contributed by atoms with Gasteiger partial charge in [-0.2, -0.15) is 5.10 Å². The molecule has 0 bridgehead atoms. The molecule has 0 saturated carbocycles. The molecule has 0 radical (unpaired) electrons. The van der Waals surface area contributed by atoms with E-state index >= 15 is 0 Å². The van der Waals surface area contributed by atoms with Crippen molar-refractivity contribution in [2.45, 2.75) is 6.54 Å². The van der Waals surface area contributed by atoms with E-state index in [1.165, 1.54) is 18.2 Å². The van der Waals surface area contributed by atoms with E-state index in [9.17, 15) is 9.18 Å². The highest BCUT2D eigenvalue weighted by atomic mass is 19.1. The standard InChI is InChI=1S/C13H14FN3O2/c1-19-8-7-17-6-5-12(16-17)13(18)15-11-4-2-3-10(14)9-11/h2-6,9H,7-8H2,1H3,(H,15,18). The van der Waals surface area contributed by atoms with Gasteiger partial charge in [-0.1, -0.05) is 6.07 Å². The number of methoxy groups -OCH3 is 1. The van der Waals surface area contributed by atoms with Crippen LogP contribution in [-0.4, -0.2) is 29.4 Å². The van der Waals surface area contributed by atoms with Crippen molar-refractivity contribution in [3.63, 3.8) is 0 Å². The van der Waals surface area contributed by atoms with Crippen molar-refractivity contribution in [3.8, 4) is 0 Å². The van der Waals surface area contributed by atoms with Crippen LogP contribution < -0.4 is 5.32 Å². The third-order valence-electron chi connectivity index (χ3n) is 2.48. The number of anilines is 1. The number of rotatable bonds is 5. The van der Waals surface area contributed by atoms with Gasteiger partial charge in [0.25, 0.3) is 5.91 Å². The second-order valence-electron chi connectivity index (χ2n) is 3.92. The van der Waals surface area contributed by atoms with Crippen LogP contribution in [0, 0.1) is 5.82 Å². The number of hydrogen-bond donors (Lipinski definition) is 1. The largest absolute Gasteiger partial charge is 0.383 e. The molecule has 2 aromatic rings. The first-order chi connectivity index (χ1) is 9.19. The Balaban J connectivity index is 2.01. The van der Waals surface area contributed by atoms with Crippen LogP contribution in [0.5, 0.6) is 0 Å². The first-order valence-electron chi connectivity index (χ1n) is 5.78. The third kappa shape index (κ3) is 3.62. The van der Waals surface area contributed by atoms with Crippen LogP contribution in [-0.2, 0) is 11.3 Å². The van der Waals surface area contributed by atoms with Crippen molar-refractivity contribution in [3.05, 3.63) is 48.0 Å². The van der Waals surface area contributed by atoms with Gasteiger partial charge in [-0.15, -0.1) is 0 Å². The molecule has 6 heteroatoms. The highest BCUT2D eigenvalue weighted by Crippen LogP contribution is 2.10. The summed E-state index contributed by atoms with van der Waals surface area (Å²) in [6.07, 6.45) is 1.69. The molecule has 0 aliphatic rings. The van der Waals surface area contributed by atoms with E-state index in [1.807, 2.05) is 0 Å². The molecule has 2 rings (SSSR count). The second-order valence-corrected chi connectivity index (χ2v) is 3.92. The maximum atomic E-state index is 13.0. The number of nitrogens with zero attached hydrogens (tertiary/aromatic N) is 2. The fourth-order valence-electron chi connectivity index (χ4n) is 1.55. The Hall–Kier alpha value is -2.21. The molecule has 1 aromatic carbocycles. The minimum atomic E-state index is -0.400. The number of ether oxygens (including phenoxy) is 1. The summed E-state index contributed by atoms with van der Waals surface area (Å²) in [7, 11) is 1.60. The van der Waals surface area contributed by atoms with Crippen LogP contribution in [0.3, 0.4) is 0 Å². The second kappa shape index (κ2) is 6.10. The lowest BCUT2D eigenvalue weighted by Crippen LogP contribution is -2.14. The van der Waals surface area contributed by atoms with E-state index in [4.69, 9.17) is 4.74 Å². The van der Waals surface area contributed by atoms with Gasteiger partial charge in [0, 0.05) is 19.0 Å². The van der Waals surface area contributed by atoms with Gasteiger partial charge in [0.2, 0.25) is 0 Å². The molecule has 0 saturated heterocycles. The maximum absolute atomic E-state index is 13.0. The van der Waals surface area contributed by atoms with Crippen LogP contribution >= 0.6 is 0 Å². The predicted molar refractivity (Wildman–Crippen MR) is 68.5 cm³/mol. The van der Waals surface area contributed by atoms with Crippen LogP contribution in [0.15, 0.2) is 36.5 Å². The average molecular weight is 263 g/mol. The molecule has 100 valence electrons. The SMILES string of the molecule is COCCn1ccc(C(=O)Nc2cccc(F)c2)n1. The molecule has 0 aliphatic carbocycles. The van der Waals surface area contributed by atoms with Gasteiger partial charge in [-0.25, -0.2) is 4.39 Å². The van der Waals surface area contributed by atoms with E-state index in [1.54, 1.807) is 30.1 Å². The van der Waals surface area contributed by atoms with Gasteiger partial charge in [-0.3, -0.25) is 9.48 Å².